The fraction of sp³-hybridized carbons (Fsp3) is 0.333. The van der Waals surface area contributed by atoms with Crippen LogP contribution >= 0.6 is 0 Å². The van der Waals surface area contributed by atoms with Gasteiger partial charge in [0.1, 0.15) is 17.4 Å². The molecule has 1 heterocycles. The fourth-order valence-corrected chi connectivity index (χ4v) is 1.71. The second kappa shape index (κ2) is 5.69. The lowest BCUT2D eigenvalue weighted by atomic mass is 10.2. The normalized spacial score (nSPS) is 10.5. The number of nitrogens with two attached hydrogens (primary N) is 1. The molecule has 2 rings (SSSR count). The molecule has 4 heteroatoms. The fourth-order valence-electron chi connectivity index (χ4n) is 1.71. The standard InChI is InChI=1S/C15H19N3O/c1-4-5-13-17-14(16)11(3)15(18-13)19-12-8-6-10(2)7-9-12/h6-9H,4-5H2,1-3H3,(H2,16,17,18). The van der Waals surface area contributed by atoms with E-state index in [1.807, 2.05) is 38.1 Å². The summed E-state index contributed by atoms with van der Waals surface area (Å²) in [7, 11) is 0. The third kappa shape index (κ3) is 3.22. The summed E-state index contributed by atoms with van der Waals surface area (Å²) in [5.41, 5.74) is 7.87. The van der Waals surface area contributed by atoms with Crippen LogP contribution in [-0.2, 0) is 6.42 Å². The molecule has 100 valence electrons. The molecule has 4 nitrogen and oxygen atoms in total. The van der Waals surface area contributed by atoms with Crippen molar-refractivity contribution in [3.05, 3.63) is 41.2 Å². The van der Waals surface area contributed by atoms with Crippen LogP contribution in [0, 0.1) is 13.8 Å². The zero-order chi connectivity index (χ0) is 13.8. The quantitative estimate of drug-likeness (QED) is 0.911. The van der Waals surface area contributed by atoms with Gasteiger partial charge in [-0.25, -0.2) is 4.98 Å². The molecule has 19 heavy (non-hydrogen) atoms. The van der Waals surface area contributed by atoms with Crippen LogP contribution in [0.1, 0.15) is 30.3 Å². The van der Waals surface area contributed by atoms with Crippen LogP contribution in [-0.4, -0.2) is 9.97 Å². The topological polar surface area (TPSA) is 61.0 Å². The Morgan fingerprint density at radius 1 is 1.11 bits per heavy atom. The minimum absolute atomic E-state index is 0.487. The van der Waals surface area contributed by atoms with Gasteiger partial charge in [-0.3, -0.25) is 0 Å². The number of rotatable bonds is 4. The SMILES string of the molecule is CCCc1nc(N)c(C)c(Oc2ccc(C)cc2)n1. The van der Waals surface area contributed by atoms with Crippen LogP contribution in [0.3, 0.4) is 0 Å². The predicted octanol–water partition coefficient (Wildman–Crippen LogP) is 3.42. The average molecular weight is 257 g/mol. The Hall–Kier alpha value is -2.10. The van der Waals surface area contributed by atoms with Gasteiger partial charge >= 0.3 is 0 Å². The van der Waals surface area contributed by atoms with Crippen molar-refractivity contribution in [1.29, 1.82) is 0 Å². The Kier molecular flexibility index (Phi) is 4.00. The smallest absolute Gasteiger partial charge is 0.227 e. The summed E-state index contributed by atoms with van der Waals surface area (Å²) in [4.78, 5) is 8.69. The molecule has 0 saturated heterocycles. The molecule has 0 bridgehead atoms. The zero-order valence-electron chi connectivity index (χ0n) is 11.6. The number of anilines is 1. The van der Waals surface area contributed by atoms with Gasteiger partial charge in [-0.1, -0.05) is 24.6 Å². The number of aromatic nitrogens is 2. The first-order chi connectivity index (χ1) is 9.10. The highest BCUT2D eigenvalue weighted by Gasteiger charge is 2.10. The van der Waals surface area contributed by atoms with Crippen LogP contribution in [0.15, 0.2) is 24.3 Å². The third-order valence-electron chi connectivity index (χ3n) is 2.89. The highest BCUT2D eigenvalue weighted by molar-refractivity contribution is 5.46. The van der Waals surface area contributed by atoms with Crippen LogP contribution in [0.2, 0.25) is 0 Å². The van der Waals surface area contributed by atoms with E-state index in [2.05, 4.69) is 16.9 Å². The summed E-state index contributed by atoms with van der Waals surface area (Å²) >= 11 is 0. The average Bonchev–Trinajstić information content (AvgIpc) is 2.38. The molecule has 2 aromatic rings. The lowest BCUT2D eigenvalue weighted by Gasteiger charge is -2.11. The van der Waals surface area contributed by atoms with Crippen molar-refractivity contribution >= 4 is 5.82 Å². The van der Waals surface area contributed by atoms with E-state index in [0.717, 1.165) is 30.0 Å². The second-order valence-electron chi connectivity index (χ2n) is 4.62. The highest BCUT2D eigenvalue weighted by Crippen LogP contribution is 2.26. The van der Waals surface area contributed by atoms with Gasteiger partial charge in [0, 0.05) is 6.42 Å². The summed E-state index contributed by atoms with van der Waals surface area (Å²) in [6.45, 7) is 5.99. The van der Waals surface area contributed by atoms with Gasteiger partial charge in [-0.05, 0) is 32.4 Å². The third-order valence-corrected chi connectivity index (χ3v) is 2.89. The Morgan fingerprint density at radius 2 is 1.79 bits per heavy atom. The van der Waals surface area contributed by atoms with Crippen LogP contribution in [0.4, 0.5) is 5.82 Å². The van der Waals surface area contributed by atoms with Gasteiger partial charge in [0.25, 0.3) is 0 Å². The van der Waals surface area contributed by atoms with Gasteiger partial charge in [0.05, 0.1) is 5.56 Å². The molecule has 0 atom stereocenters. The van der Waals surface area contributed by atoms with Crippen molar-refractivity contribution in [3.8, 4) is 11.6 Å². The first-order valence-electron chi connectivity index (χ1n) is 6.47. The number of aryl methyl sites for hydroxylation is 2. The molecule has 0 amide bonds. The number of hydrogen-bond acceptors (Lipinski definition) is 4. The minimum atomic E-state index is 0.487. The molecule has 0 aliphatic heterocycles. The maximum Gasteiger partial charge on any atom is 0.227 e. The molecule has 0 saturated carbocycles. The van der Waals surface area contributed by atoms with Crippen molar-refractivity contribution in [2.75, 3.05) is 5.73 Å². The van der Waals surface area contributed by atoms with Crippen LogP contribution in [0.5, 0.6) is 11.6 Å². The lowest BCUT2D eigenvalue weighted by Crippen LogP contribution is -2.04. The Bertz CT molecular complexity index is 564. The van der Waals surface area contributed by atoms with E-state index in [-0.39, 0.29) is 0 Å². The van der Waals surface area contributed by atoms with Gasteiger partial charge in [0.2, 0.25) is 5.88 Å². The second-order valence-corrected chi connectivity index (χ2v) is 4.62. The van der Waals surface area contributed by atoms with Crippen molar-refractivity contribution in [2.45, 2.75) is 33.6 Å². The van der Waals surface area contributed by atoms with Crippen LogP contribution in [0.25, 0.3) is 0 Å². The van der Waals surface area contributed by atoms with Crippen molar-refractivity contribution in [3.63, 3.8) is 0 Å². The molecule has 1 aromatic carbocycles. The summed E-state index contributed by atoms with van der Waals surface area (Å²) in [5.74, 6) is 2.52. The Labute approximate surface area is 113 Å². The van der Waals surface area contributed by atoms with E-state index in [1.54, 1.807) is 0 Å². The Balaban J connectivity index is 2.30. The number of ether oxygens (including phenoxy) is 1. The molecule has 0 radical (unpaired) electrons. The largest absolute Gasteiger partial charge is 0.439 e. The first kappa shape index (κ1) is 13.3. The van der Waals surface area contributed by atoms with E-state index in [0.29, 0.717) is 11.7 Å². The molecule has 2 N–H and O–H groups in total. The maximum absolute atomic E-state index is 5.90. The summed E-state index contributed by atoms with van der Waals surface area (Å²) in [6, 6.07) is 7.85. The van der Waals surface area contributed by atoms with Gasteiger partial charge in [0.15, 0.2) is 0 Å². The Morgan fingerprint density at radius 3 is 2.42 bits per heavy atom. The van der Waals surface area contributed by atoms with Crippen molar-refractivity contribution < 1.29 is 4.74 Å². The summed E-state index contributed by atoms with van der Waals surface area (Å²) < 4.78 is 5.80. The van der Waals surface area contributed by atoms with E-state index < -0.39 is 0 Å². The van der Waals surface area contributed by atoms with Gasteiger partial charge < -0.3 is 10.5 Å². The molecule has 0 aliphatic rings. The lowest BCUT2D eigenvalue weighted by molar-refractivity contribution is 0.454. The van der Waals surface area contributed by atoms with E-state index in [1.165, 1.54) is 5.56 Å². The molecule has 0 spiro atoms. The predicted molar refractivity (Wildman–Crippen MR) is 76.4 cm³/mol. The number of benzene rings is 1. The first-order valence-corrected chi connectivity index (χ1v) is 6.47. The molecule has 0 fully saturated rings. The molecular weight excluding hydrogens is 238 g/mol. The van der Waals surface area contributed by atoms with Crippen molar-refractivity contribution in [2.24, 2.45) is 0 Å². The van der Waals surface area contributed by atoms with Gasteiger partial charge in [-0.15, -0.1) is 0 Å². The number of hydrogen-bond donors (Lipinski definition) is 1. The molecule has 1 aromatic heterocycles. The van der Waals surface area contributed by atoms with E-state index in [9.17, 15) is 0 Å². The number of nitrogens with zero attached hydrogens (tertiary/aromatic N) is 2. The van der Waals surface area contributed by atoms with Crippen LogP contribution < -0.4 is 10.5 Å². The monoisotopic (exact) mass is 257 g/mol. The minimum Gasteiger partial charge on any atom is -0.439 e. The molecule has 0 unspecified atom stereocenters. The van der Waals surface area contributed by atoms with E-state index in [4.69, 9.17) is 10.5 Å². The number of nitrogen functional groups attached to an aromatic ring is 1. The molecular formula is C15H19N3O. The van der Waals surface area contributed by atoms with Gasteiger partial charge in [-0.2, -0.15) is 4.98 Å². The maximum atomic E-state index is 5.90. The molecule has 0 aliphatic carbocycles. The highest BCUT2D eigenvalue weighted by atomic mass is 16.5. The van der Waals surface area contributed by atoms with E-state index >= 15 is 0 Å². The summed E-state index contributed by atoms with van der Waals surface area (Å²) in [6.07, 6.45) is 1.78. The van der Waals surface area contributed by atoms with Crippen molar-refractivity contribution in [1.82, 2.24) is 9.97 Å². The zero-order valence-corrected chi connectivity index (χ0v) is 11.6. The summed E-state index contributed by atoms with van der Waals surface area (Å²) in [5, 5.41) is 0.